The zero-order chi connectivity index (χ0) is 11.1. The van der Waals surface area contributed by atoms with Crippen molar-refractivity contribution in [3.63, 3.8) is 0 Å². The molecule has 3 aliphatic rings. The van der Waals surface area contributed by atoms with E-state index >= 15 is 0 Å². The molecule has 1 aliphatic heterocycles. The Balaban J connectivity index is 0.00000108. The number of hydrogen-bond donors (Lipinski definition) is 1. The van der Waals surface area contributed by atoms with Gasteiger partial charge in [-0.15, -0.1) is 12.4 Å². The fraction of sp³-hybridized carbons (Fsp3) is 0.923. The standard InChI is InChI=1S/C13H22N2O.ClH/c14-12-3-4-15(8-12)13(16)7-11-6-9-1-2-10(11)5-9;/h9-12H,1-8,14H2;1H/t9?,10?,11?,12-;/m1./s1. The van der Waals surface area contributed by atoms with Gasteiger partial charge in [-0.05, 0) is 43.4 Å². The number of halogens is 1. The Morgan fingerprint density at radius 2 is 2.06 bits per heavy atom. The number of carbonyl (C=O) groups is 1. The molecule has 3 fully saturated rings. The van der Waals surface area contributed by atoms with E-state index in [9.17, 15) is 4.79 Å². The van der Waals surface area contributed by atoms with Crippen LogP contribution >= 0.6 is 12.4 Å². The van der Waals surface area contributed by atoms with Crippen molar-refractivity contribution in [3.8, 4) is 0 Å². The Hall–Kier alpha value is -0.280. The summed E-state index contributed by atoms with van der Waals surface area (Å²) in [4.78, 5) is 14.1. The van der Waals surface area contributed by atoms with Crippen molar-refractivity contribution < 1.29 is 4.79 Å². The van der Waals surface area contributed by atoms with Crippen molar-refractivity contribution in [1.82, 2.24) is 4.90 Å². The molecule has 98 valence electrons. The van der Waals surface area contributed by atoms with Gasteiger partial charge in [0.25, 0.3) is 0 Å². The molecule has 1 heterocycles. The molecule has 2 aliphatic carbocycles. The molecule has 2 saturated carbocycles. The zero-order valence-corrected chi connectivity index (χ0v) is 11.1. The summed E-state index contributed by atoms with van der Waals surface area (Å²) in [5.74, 6) is 2.88. The number of amides is 1. The van der Waals surface area contributed by atoms with Crippen LogP contribution in [-0.4, -0.2) is 29.9 Å². The molecule has 0 aromatic heterocycles. The lowest BCUT2D eigenvalue weighted by Gasteiger charge is -2.24. The number of fused-ring (bicyclic) bond motifs is 2. The van der Waals surface area contributed by atoms with Gasteiger partial charge >= 0.3 is 0 Å². The maximum atomic E-state index is 12.1. The molecule has 3 rings (SSSR count). The second-order valence-electron chi connectivity index (χ2n) is 6.03. The lowest BCUT2D eigenvalue weighted by Crippen LogP contribution is -2.33. The van der Waals surface area contributed by atoms with Gasteiger partial charge < -0.3 is 10.6 Å². The Morgan fingerprint density at radius 3 is 2.59 bits per heavy atom. The highest BCUT2D eigenvalue weighted by Crippen LogP contribution is 2.49. The third-order valence-electron chi connectivity index (χ3n) is 4.90. The second-order valence-corrected chi connectivity index (χ2v) is 6.03. The number of nitrogens with two attached hydrogens (primary N) is 1. The second kappa shape index (κ2) is 5.15. The quantitative estimate of drug-likeness (QED) is 0.821. The monoisotopic (exact) mass is 258 g/mol. The highest BCUT2D eigenvalue weighted by Gasteiger charge is 2.40. The fourth-order valence-electron chi connectivity index (χ4n) is 3.99. The Kier molecular flexibility index (Phi) is 3.99. The van der Waals surface area contributed by atoms with Gasteiger partial charge in [-0.25, -0.2) is 0 Å². The lowest BCUT2D eigenvalue weighted by atomic mass is 9.86. The highest BCUT2D eigenvalue weighted by atomic mass is 35.5. The van der Waals surface area contributed by atoms with Crippen LogP contribution < -0.4 is 5.73 Å². The smallest absolute Gasteiger partial charge is 0.222 e. The van der Waals surface area contributed by atoms with Crippen LogP contribution in [0.25, 0.3) is 0 Å². The molecule has 1 amide bonds. The largest absolute Gasteiger partial charge is 0.341 e. The van der Waals surface area contributed by atoms with E-state index < -0.39 is 0 Å². The minimum absolute atomic E-state index is 0. The maximum Gasteiger partial charge on any atom is 0.222 e. The van der Waals surface area contributed by atoms with Crippen molar-refractivity contribution >= 4 is 18.3 Å². The molecule has 1 saturated heterocycles. The molecule has 3 nitrogen and oxygen atoms in total. The Morgan fingerprint density at radius 1 is 1.24 bits per heavy atom. The molecule has 2 bridgehead atoms. The van der Waals surface area contributed by atoms with Crippen LogP contribution in [0.4, 0.5) is 0 Å². The van der Waals surface area contributed by atoms with Crippen LogP contribution in [0.5, 0.6) is 0 Å². The van der Waals surface area contributed by atoms with Crippen molar-refractivity contribution in [3.05, 3.63) is 0 Å². The lowest BCUT2D eigenvalue weighted by molar-refractivity contribution is -0.131. The Labute approximate surface area is 110 Å². The minimum Gasteiger partial charge on any atom is -0.341 e. The van der Waals surface area contributed by atoms with Crippen molar-refractivity contribution in [2.45, 2.75) is 44.6 Å². The summed E-state index contributed by atoms with van der Waals surface area (Å²) in [7, 11) is 0. The first-order valence-corrected chi connectivity index (χ1v) is 6.75. The van der Waals surface area contributed by atoms with E-state index in [-0.39, 0.29) is 18.4 Å². The van der Waals surface area contributed by atoms with Crippen molar-refractivity contribution in [2.75, 3.05) is 13.1 Å². The molecule has 4 heteroatoms. The van der Waals surface area contributed by atoms with E-state index in [1.807, 2.05) is 4.90 Å². The molecular formula is C13H23ClN2O. The SMILES string of the molecule is Cl.N[C@@H]1CCN(C(=O)CC2CC3CCC2C3)C1. The van der Waals surface area contributed by atoms with Gasteiger partial charge in [0, 0.05) is 25.6 Å². The molecule has 0 aromatic carbocycles. The third-order valence-corrected chi connectivity index (χ3v) is 4.90. The van der Waals surface area contributed by atoms with Gasteiger partial charge in [0.05, 0.1) is 0 Å². The Bertz CT molecular complexity index is 297. The normalized spacial score (nSPS) is 39.5. The van der Waals surface area contributed by atoms with Gasteiger partial charge in [0.15, 0.2) is 0 Å². The first-order chi connectivity index (χ1) is 7.72. The maximum absolute atomic E-state index is 12.1. The summed E-state index contributed by atoms with van der Waals surface area (Å²) in [5, 5.41) is 0. The number of rotatable bonds is 2. The van der Waals surface area contributed by atoms with Gasteiger partial charge in [-0.3, -0.25) is 4.79 Å². The molecule has 4 atom stereocenters. The van der Waals surface area contributed by atoms with E-state index in [0.29, 0.717) is 11.8 Å². The van der Waals surface area contributed by atoms with Gasteiger partial charge in [0.1, 0.15) is 0 Å². The van der Waals surface area contributed by atoms with Crippen LogP contribution in [0.3, 0.4) is 0 Å². The first-order valence-electron chi connectivity index (χ1n) is 6.75. The van der Waals surface area contributed by atoms with Crippen LogP contribution in [0.15, 0.2) is 0 Å². The summed E-state index contributed by atoms with van der Waals surface area (Å²) in [6.45, 7) is 1.68. The average Bonchev–Trinajstić information content (AvgIpc) is 2.92. The summed E-state index contributed by atoms with van der Waals surface area (Å²) < 4.78 is 0. The predicted molar refractivity (Wildman–Crippen MR) is 70.0 cm³/mol. The molecule has 0 radical (unpaired) electrons. The van der Waals surface area contributed by atoms with E-state index in [1.165, 1.54) is 25.7 Å². The van der Waals surface area contributed by atoms with E-state index in [4.69, 9.17) is 5.73 Å². The van der Waals surface area contributed by atoms with Crippen molar-refractivity contribution in [2.24, 2.45) is 23.5 Å². The summed E-state index contributed by atoms with van der Waals surface area (Å²) >= 11 is 0. The van der Waals surface area contributed by atoms with Gasteiger partial charge in [-0.1, -0.05) is 6.42 Å². The topological polar surface area (TPSA) is 46.3 Å². The van der Waals surface area contributed by atoms with Gasteiger partial charge in [0.2, 0.25) is 5.91 Å². The average molecular weight is 259 g/mol. The van der Waals surface area contributed by atoms with Crippen LogP contribution in [0, 0.1) is 17.8 Å². The van der Waals surface area contributed by atoms with E-state index in [1.54, 1.807) is 0 Å². The van der Waals surface area contributed by atoms with E-state index in [2.05, 4.69) is 0 Å². The third kappa shape index (κ3) is 2.60. The van der Waals surface area contributed by atoms with Crippen LogP contribution in [0.2, 0.25) is 0 Å². The zero-order valence-electron chi connectivity index (χ0n) is 10.3. The first kappa shape index (κ1) is 13.2. The highest BCUT2D eigenvalue weighted by molar-refractivity contribution is 5.85. The molecular weight excluding hydrogens is 236 g/mol. The fourth-order valence-corrected chi connectivity index (χ4v) is 3.99. The predicted octanol–water partition coefficient (Wildman–Crippen LogP) is 1.79. The summed E-state index contributed by atoms with van der Waals surface area (Å²) in [6, 6.07) is 0.226. The van der Waals surface area contributed by atoms with Crippen LogP contribution in [-0.2, 0) is 4.79 Å². The molecule has 17 heavy (non-hydrogen) atoms. The minimum atomic E-state index is 0. The van der Waals surface area contributed by atoms with Crippen molar-refractivity contribution in [1.29, 1.82) is 0 Å². The summed E-state index contributed by atoms with van der Waals surface area (Å²) in [5.41, 5.74) is 5.84. The number of nitrogens with zero attached hydrogens (tertiary/aromatic N) is 1. The number of hydrogen-bond acceptors (Lipinski definition) is 2. The number of carbonyl (C=O) groups excluding carboxylic acids is 1. The molecule has 0 aromatic rings. The number of likely N-dealkylation sites (tertiary alicyclic amines) is 1. The molecule has 3 unspecified atom stereocenters. The molecule has 0 spiro atoms. The summed E-state index contributed by atoms with van der Waals surface area (Å²) in [6.07, 6.45) is 7.30. The molecule has 2 N–H and O–H groups in total. The van der Waals surface area contributed by atoms with E-state index in [0.717, 1.165) is 37.8 Å². The van der Waals surface area contributed by atoms with Gasteiger partial charge in [-0.2, -0.15) is 0 Å². The van der Waals surface area contributed by atoms with Crippen LogP contribution in [0.1, 0.15) is 38.5 Å².